The molecule has 2 amide bonds. The van der Waals surface area contributed by atoms with Gasteiger partial charge in [0.25, 0.3) is 0 Å². The van der Waals surface area contributed by atoms with Gasteiger partial charge in [-0.2, -0.15) is 8.78 Å². The third kappa shape index (κ3) is 6.00. The Morgan fingerprint density at radius 2 is 1.71 bits per heavy atom. The van der Waals surface area contributed by atoms with E-state index < -0.39 is 30.7 Å². The molecule has 10 heteroatoms. The van der Waals surface area contributed by atoms with Gasteiger partial charge in [0.2, 0.25) is 0 Å². The second-order valence-corrected chi connectivity index (χ2v) is 3.42. The lowest BCUT2D eigenvalue weighted by molar-refractivity contribution is -0.145. The molecule has 0 heterocycles. The predicted molar refractivity (Wildman–Crippen MR) is 53.8 cm³/mol. The average Bonchev–Trinajstić information content (AvgIpc) is 2.22. The van der Waals surface area contributed by atoms with Crippen molar-refractivity contribution in [3.8, 4) is 0 Å². The van der Waals surface area contributed by atoms with E-state index in [0.29, 0.717) is 0 Å². The molecule has 17 heavy (non-hydrogen) atoms. The Bertz CT molecular complexity index is 324. The molecule has 0 aromatic rings. The molecule has 0 bridgehead atoms. The van der Waals surface area contributed by atoms with Gasteiger partial charge in [0, 0.05) is 0 Å². The molecule has 98 valence electrons. The first-order valence-corrected chi connectivity index (χ1v) is 4.58. The molecule has 0 saturated heterocycles. The summed E-state index contributed by atoms with van der Waals surface area (Å²) in [7, 11) is 0. The Labute approximate surface area is 98.7 Å². The molecule has 0 saturated carbocycles. The van der Waals surface area contributed by atoms with Crippen LogP contribution in [0, 0.1) is 0 Å². The number of nitrogens with one attached hydrogen (secondary N) is 2. The minimum Gasteiger partial charge on any atom is -0.392 e. The zero-order valence-corrected chi connectivity index (χ0v) is 9.12. The number of carbonyl (C=O) groups is 2. The monoisotopic (exact) mass is 275 g/mol. The summed E-state index contributed by atoms with van der Waals surface area (Å²) in [5, 5.41) is 3.26. The second kappa shape index (κ2) is 6.33. The van der Waals surface area contributed by atoms with Gasteiger partial charge in [0.15, 0.2) is 0 Å². The number of amides is 2. The van der Waals surface area contributed by atoms with Crippen LogP contribution in [-0.2, 0) is 9.59 Å². The smallest absolute Gasteiger partial charge is 0.324 e. The molecule has 0 radical (unpaired) electrons. The molecule has 0 aliphatic rings. The van der Waals surface area contributed by atoms with Crippen LogP contribution in [0.2, 0.25) is 0 Å². The van der Waals surface area contributed by atoms with Crippen LogP contribution >= 0.6 is 12.2 Å². The van der Waals surface area contributed by atoms with Gasteiger partial charge in [-0.1, -0.05) is 12.2 Å². The number of carbonyl (C=O) groups excluding carboxylic acids is 2. The van der Waals surface area contributed by atoms with Gasteiger partial charge < -0.3 is 16.4 Å². The number of halogens is 4. The second-order valence-electron chi connectivity index (χ2n) is 2.89. The highest BCUT2D eigenvalue weighted by Crippen LogP contribution is 2.21. The molecule has 0 aliphatic carbocycles. The van der Waals surface area contributed by atoms with Crippen molar-refractivity contribution in [3.63, 3.8) is 0 Å². The number of nitrogens with two attached hydrogens (primary N) is 1. The molecular weight excluding hydrogens is 266 g/mol. The molecule has 0 unspecified atom stereocenters. The summed E-state index contributed by atoms with van der Waals surface area (Å²) in [4.78, 5) is 21.6. The number of rotatable bonds is 5. The summed E-state index contributed by atoms with van der Waals surface area (Å²) in [6.07, 6.45) is -3.93. The fourth-order valence-electron chi connectivity index (χ4n) is 0.603. The van der Waals surface area contributed by atoms with Crippen molar-refractivity contribution in [3.05, 3.63) is 0 Å². The summed E-state index contributed by atoms with van der Waals surface area (Å²) in [5.41, 5.74) is 4.99. The van der Waals surface area contributed by atoms with Crippen LogP contribution in [0.4, 0.5) is 17.6 Å². The SMILES string of the molecule is NC(=S)CNC(=O)C(=O)NCC(F)(F)C(F)F. The molecule has 0 aromatic heterocycles. The lowest BCUT2D eigenvalue weighted by atomic mass is 10.3. The number of hydrogen-bond acceptors (Lipinski definition) is 3. The van der Waals surface area contributed by atoms with Crippen molar-refractivity contribution in [2.24, 2.45) is 5.73 Å². The van der Waals surface area contributed by atoms with E-state index in [1.54, 1.807) is 0 Å². The van der Waals surface area contributed by atoms with Crippen molar-refractivity contribution >= 4 is 29.0 Å². The first-order chi connectivity index (χ1) is 7.66. The van der Waals surface area contributed by atoms with E-state index in [4.69, 9.17) is 5.73 Å². The summed E-state index contributed by atoms with van der Waals surface area (Å²) < 4.78 is 48.1. The van der Waals surface area contributed by atoms with Gasteiger partial charge in [-0.15, -0.1) is 0 Å². The van der Waals surface area contributed by atoms with Gasteiger partial charge in [-0.05, 0) is 0 Å². The molecule has 4 N–H and O–H groups in total. The van der Waals surface area contributed by atoms with Crippen LogP contribution in [0.15, 0.2) is 0 Å². The maximum absolute atomic E-state index is 12.3. The first kappa shape index (κ1) is 15.5. The molecule has 0 aromatic carbocycles. The van der Waals surface area contributed by atoms with E-state index >= 15 is 0 Å². The predicted octanol–water partition coefficient (Wildman–Crippen LogP) is -0.595. The fraction of sp³-hybridized carbons (Fsp3) is 0.571. The summed E-state index contributed by atoms with van der Waals surface area (Å²) in [6.45, 7) is -1.93. The van der Waals surface area contributed by atoms with Crippen LogP contribution in [0.5, 0.6) is 0 Å². The van der Waals surface area contributed by atoms with E-state index in [1.807, 2.05) is 5.32 Å². The molecule has 0 atom stereocenters. The topological polar surface area (TPSA) is 84.2 Å². The summed E-state index contributed by atoms with van der Waals surface area (Å²) >= 11 is 4.37. The number of thiocarbonyl (C=S) groups is 1. The van der Waals surface area contributed by atoms with Crippen molar-refractivity contribution in [1.82, 2.24) is 10.6 Å². The zero-order chi connectivity index (χ0) is 13.6. The van der Waals surface area contributed by atoms with Gasteiger partial charge in [-0.3, -0.25) is 9.59 Å². The minimum absolute atomic E-state index is 0.121. The van der Waals surface area contributed by atoms with Crippen molar-refractivity contribution in [2.75, 3.05) is 13.1 Å². The molecule has 5 nitrogen and oxygen atoms in total. The summed E-state index contributed by atoms with van der Waals surface area (Å²) in [6, 6.07) is 0. The highest BCUT2D eigenvalue weighted by molar-refractivity contribution is 7.80. The highest BCUT2D eigenvalue weighted by atomic mass is 32.1. The van der Waals surface area contributed by atoms with Gasteiger partial charge in [0.1, 0.15) is 0 Å². The van der Waals surface area contributed by atoms with Gasteiger partial charge >= 0.3 is 24.2 Å². The standard InChI is InChI=1S/C7H9F4N3O2S/c8-6(9)7(10,11)2-14-5(16)4(15)13-1-3(12)17/h6H,1-2H2,(H2,12,17)(H,13,15)(H,14,16). The number of hydrogen-bond donors (Lipinski definition) is 3. The molecular formula is C7H9F4N3O2S. The normalized spacial score (nSPS) is 11.1. The molecule has 0 fully saturated rings. The lowest BCUT2D eigenvalue weighted by Crippen LogP contribution is -2.47. The zero-order valence-electron chi connectivity index (χ0n) is 8.31. The van der Waals surface area contributed by atoms with Crippen LogP contribution in [0.1, 0.15) is 0 Å². The largest absolute Gasteiger partial charge is 0.392 e. The third-order valence-electron chi connectivity index (χ3n) is 1.43. The quantitative estimate of drug-likeness (QED) is 0.355. The molecule has 0 aliphatic heterocycles. The van der Waals surface area contributed by atoms with Crippen LogP contribution < -0.4 is 16.4 Å². The van der Waals surface area contributed by atoms with E-state index in [2.05, 4.69) is 12.2 Å². The first-order valence-electron chi connectivity index (χ1n) is 4.17. The van der Waals surface area contributed by atoms with E-state index in [0.717, 1.165) is 0 Å². The highest BCUT2D eigenvalue weighted by Gasteiger charge is 2.41. The van der Waals surface area contributed by atoms with Crippen LogP contribution in [0.25, 0.3) is 0 Å². The van der Waals surface area contributed by atoms with Gasteiger partial charge in [-0.25, -0.2) is 8.78 Å². The minimum atomic E-state index is -4.39. The fourth-order valence-corrected chi connectivity index (χ4v) is 0.675. The molecule has 0 spiro atoms. The average molecular weight is 275 g/mol. The van der Waals surface area contributed by atoms with E-state index in [-0.39, 0.29) is 11.5 Å². The Hall–Kier alpha value is -1.45. The van der Waals surface area contributed by atoms with Gasteiger partial charge in [0.05, 0.1) is 18.1 Å². The summed E-state index contributed by atoms with van der Waals surface area (Å²) in [5.74, 6) is -7.15. The lowest BCUT2D eigenvalue weighted by Gasteiger charge is -2.15. The van der Waals surface area contributed by atoms with Crippen LogP contribution in [0.3, 0.4) is 0 Å². The van der Waals surface area contributed by atoms with Crippen molar-refractivity contribution in [2.45, 2.75) is 12.3 Å². The Kier molecular flexibility index (Phi) is 5.79. The Morgan fingerprint density at radius 1 is 1.24 bits per heavy atom. The molecule has 0 rings (SSSR count). The van der Waals surface area contributed by atoms with Crippen LogP contribution in [-0.4, -0.2) is 42.2 Å². The third-order valence-corrected chi connectivity index (χ3v) is 1.58. The van der Waals surface area contributed by atoms with Crippen molar-refractivity contribution < 1.29 is 27.2 Å². The maximum atomic E-state index is 12.3. The van der Waals surface area contributed by atoms with E-state index in [9.17, 15) is 27.2 Å². The van der Waals surface area contributed by atoms with Crippen molar-refractivity contribution in [1.29, 1.82) is 0 Å². The Balaban J connectivity index is 4.10. The Morgan fingerprint density at radius 3 is 2.12 bits per heavy atom. The van der Waals surface area contributed by atoms with E-state index in [1.165, 1.54) is 5.32 Å². The number of alkyl halides is 4. The maximum Gasteiger partial charge on any atom is 0.324 e.